The molecule has 0 aromatic heterocycles. The van der Waals surface area contributed by atoms with Crippen molar-refractivity contribution < 1.29 is 74.7 Å². The average Bonchev–Trinajstić information content (AvgIpc) is 3.81. The van der Waals surface area contributed by atoms with Gasteiger partial charge in [0.15, 0.2) is 24.8 Å². The van der Waals surface area contributed by atoms with Gasteiger partial charge in [0.2, 0.25) is 10.0 Å². The van der Waals surface area contributed by atoms with E-state index in [4.69, 9.17) is 42.2 Å². The first-order chi connectivity index (χ1) is 28.7. The number of ether oxygens (including phenoxy) is 7. The molecule has 2 heterocycles. The number of alkyl carbamates (subject to hydrolysis) is 1. The van der Waals surface area contributed by atoms with E-state index in [1.807, 2.05) is 13.8 Å². The van der Waals surface area contributed by atoms with Gasteiger partial charge >= 0.3 is 25.6 Å². The summed E-state index contributed by atoms with van der Waals surface area (Å²) in [4.78, 5) is 38.5. The number of nitrogens with zero attached hydrogens (tertiary/aromatic N) is 1. The lowest BCUT2D eigenvalue weighted by atomic mass is 10.0. The predicted octanol–water partition coefficient (Wildman–Crippen LogP) is 5.04. The summed E-state index contributed by atoms with van der Waals surface area (Å²) in [6.45, 7) is 13.3. The van der Waals surface area contributed by atoms with Gasteiger partial charge in [-0.25, -0.2) is 22.8 Å². The normalized spacial score (nSPS) is 19.9. The first-order valence-corrected chi connectivity index (χ1v) is 23.5. The van der Waals surface area contributed by atoms with Crippen LogP contribution in [0.4, 0.5) is 4.79 Å². The molecule has 1 amide bonds. The zero-order valence-electron chi connectivity index (χ0n) is 36.2. The van der Waals surface area contributed by atoms with Gasteiger partial charge < -0.3 is 43.6 Å². The van der Waals surface area contributed by atoms with Gasteiger partial charge in [-0.15, -0.1) is 0 Å². The van der Waals surface area contributed by atoms with E-state index in [9.17, 15) is 32.5 Å². The van der Waals surface area contributed by atoms with Crippen LogP contribution in [0.1, 0.15) is 67.4 Å². The quantitative estimate of drug-likeness (QED) is 0.0847. The Morgan fingerprint density at radius 3 is 1.97 bits per heavy atom. The van der Waals surface area contributed by atoms with E-state index >= 15 is 0 Å². The van der Waals surface area contributed by atoms with Crippen molar-refractivity contribution in [3.05, 3.63) is 54.1 Å². The molecule has 2 aromatic carbocycles. The Morgan fingerprint density at radius 1 is 0.852 bits per heavy atom. The number of aliphatic hydroxyl groups excluding tert-OH is 1. The number of benzene rings is 2. The van der Waals surface area contributed by atoms with Gasteiger partial charge in [0.05, 0.1) is 55.5 Å². The fourth-order valence-electron chi connectivity index (χ4n) is 6.50. The Hall–Kier alpha value is -3.81. The molecule has 2 aliphatic heterocycles. The van der Waals surface area contributed by atoms with Gasteiger partial charge in [-0.2, -0.15) is 4.31 Å². The third-order valence-electron chi connectivity index (χ3n) is 9.44. The molecular formula is C41H61N2O16PS. The Kier molecular flexibility index (Phi) is 18.4. The van der Waals surface area contributed by atoms with Crippen LogP contribution >= 0.6 is 7.60 Å². The number of fused-ring (bicyclic) bond motifs is 1. The molecule has 0 spiro atoms. The molecule has 20 heteroatoms. The molecule has 4 rings (SSSR count). The van der Waals surface area contributed by atoms with Crippen molar-refractivity contribution in [3.8, 4) is 11.5 Å². The maximum Gasteiger partial charge on any atom is 0.407 e. The van der Waals surface area contributed by atoms with Crippen molar-refractivity contribution in [1.29, 1.82) is 0 Å². The van der Waals surface area contributed by atoms with Crippen LogP contribution in [0.25, 0.3) is 0 Å². The lowest BCUT2D eigenvalue weighted by Crippen LogP contribution is -2.51. The Labute approximate surface area is 358 Å². The second-order valence-electron chi connectivity index (χ2n) is 15.9. The Bertz CT molecular complexity index is 1860. The van der Waals surface area contributed by atoms with Crippen LogP contribution in [-0.4, -0.2) is 125 Å². The molecule has 0 bridgehead atoms. The minimum Gasteiger partial charge on any atom is -0.497 e. The van der Waals surface area contributed by atoms with Gasteiger partial charge in [-0.3, -0.25) is 13.6 Å². The summed E-state index contributed by atoms with van der Waals surface area (Å²) in [5, 5.41) is 14.5. The second-order valence-corrected chi connectivity index (χ2v) is 19.7. The van der Waals surface area contributed by atoms with E-state index in [2.05, 4.69) is 5.32 Å². The molecule has 18 nitrogen and oxygen atoms in total. The summed E-state index contributed by atoms with van der Waals surface area (Å²) in [7, 11) is -6.97. The smallest absolute Gasteiger partial charge is 0.407 e. The fourth-order valence-corrected chi connectivity index (χ4v) is 9.74. The number of esters is 2. The number of rotatable bonds is 23. The molecule has 2 aromatic rings. The van der Waals surface area contributed by atoms with Crippen LogP contribution in [-0.2, 0) is 63.3 Å². The summed E-state index contributed by atoms with van der Waals surface area (Å²) in [6.07, 6.45) is -6.96. The first kappa shape index (κ1) is 49.8. The number of amides is 1. The number of carbonyl (C=O) groups is 3. The Morgan fingerprint density at radius 2 is 1.43 bits per heavy atom. The monoisotopic (exact) mass is 900 g/mol. The Balaban J connectivity index is 1.53. The van der Waals surface area contributed by atoms with Gasteiger partial charge in [0, 0.05) is 13.1 Å². The molecule has 0 saturated carbocycles. The third kappa shape index (κ3) is 14.9. The van der Waals surface area contributed by atoms with Crippen molar-refractivity contribution in [3.63, 3.8) is 0 Å². The zero-order chi connectivity index (χ0) is 45.1. The molecule has 7 atom stereocenters. The number of hydrogen-bond acceptors (Lipinski definition) is 16. The van der Waals surface area contributed by atoms with Crippen molar-refractivity contribution in [2.24, 2.45) is 11.8 Å². The summed E-state index contributed by atoms with van der Waals surface area (Å²) in [6, 6.07) is 11.2. The minimum atomic E-state index is -4.33. The highest BCUT2D eigenvalue weighted by Crippen LogP contribution is 2.51. The SMILES string of the molecule is COc1ccc(S(=O)(=O)N(CC(C)C)C[C@@H](O)[C@H](Cc2ccc(OCP(=O)(O[C@@H](C)C(=O)OC(C)C)O[C@@H](C)C(=O)OC(C)C)cc2)NC(=O)O[C@H]2CO[C@H]3OCC[C@H]32)cc1. The van der Waals surface area contributed by atoms with Crippen molar-refractivity contribution >= 4 is 35.7 Å². The number of sulfonamides is 1. The number of nitrogens with one attached hydrogen (secondary N) is 1. The van der Waals surface area contributed by atoms with Crippen molar-refractivity contribution in [1.82, 2.24) is 9.62 Å². The number of carbonyl (C=O) groups excluding carboxylic acids is 3. The molecule has 2 fully saturated rings. The molecule has 2 saturated heterocycles. The van der Waals surface area contributed by atoms with E-state index in [1.165, 1.54) is 61.7 Å². The van der Waals surface area contributed by atoms with Crippen LogP contribution in [0.15, 0.2) is 53.4 Å². The summed E-state index contributed by atoms with van der Waals surface area (Å²) in [5.74, 6) is -1.18. The maximum atomic E-state index is 14.0. The standard InChI is InChI=1S/C41H61N2O16PS/c1-25(2)21-43(61(49,50)33-16-14-31(51-9)15-17-33)22-36(44)35(42-41(47)57-37-23-53-40-34(37)18-19-52-40)20-30-10-12-32(13-11-30)54-24-60(48,58-28(7)38(45)55-26(3)4)59-29(8)39(46)56-27(5)6/h10-17,25-29,34-37,40,44H,18-24H2,1-9H3,(H,42,47)/t28-,29-,34-,35-,36+,37-,40+/m0/s1. The minimum absolute atomic E-state index is 0.00507. The number of methoxy groups -OCH3 is 1. The fraction of sp³-hybridized carbons (Fsp3) is 0.634. The molecular weight excluding hydrogens is 839 g/mol. The van der Waals surface area contributed by atoms with Crippen molar-refractivity contribution in [2.45, 2.75) is 122 Å². The third-order valence-corrected chi connectivity index (χ3v) is 13.0. The molecule has 2 aliphatic rings. The topological polar surface area (TPSA) is 221 Å². The van der Waals surface area contributed by atoms with Gasteiger partial charge in [0.1, 0.15) is 17.6 Å². The molecule has 0 radical (unpaired) electrons. The maximum absolute atomic E-state index is 14.0. The van der Waals surface area contributed by atoms with Crippen molar-refractivity contribution in [2.75, 3.05) is 39.8 Å². The van der Waals surface area contributed by atoms with E-state index < -0.39 is 91.0 Å². The van der Waals surface area contributed by atoms with Crippen LogP contribution in [0.5, 0.6) is 11.5 Å². The highest BCUT2D eigenvalue weighted by Gasteiger charge is 2.44. The first-order valence-electron chi connectivity index (χ1n) is 20.3. The molecule has 0 unspecified atom stereocenters. The van der Waals surface area contributed by atoms with Gasteiger partial charge in [0.25, 0.3) is 0 Å². The highest BCUT2D eigenvalue weighted by molar-refractivity contribution is 7.89. The molecule has 61 heavy (non-hydrogen) atoms. The number of hydrogen-bond donors (Lipinski definition) is 2. The van der Waals surface area contributed by atoms with Crippen LogP contribution in [0.2, 0.25) is 0 Å². The lowest BCUT2D eigenvalue weighted by Gasteiger charge is -2.31. The van der Waals surface area contributed by atoms with E-state index in [0.717, 1.165) is 0 Å². The summed E-state index contributed by atoms with van der Waals surface area (Å²) in [5.41, 5.74) is 0.587. The molecule has 342 valence electrons. The summed E-state index contributed by atoms with van der Waals surface area (Å²) >= 11 is 0. The lowest BCUT2D eigenvalue weighted by molar-refractivity contribution is -0.157. The average molecular weight is 901 g/mol. The van der Waals surface area contributed by atoms with Crippen LogP contribution < -0.4 is 14.8 Å². The molecule has 2 N–H and O–H groups in total. The molecule has 0 aliphatic carbocycles. The number of aliphatic hydroxyl groups is 1. The van der Waals surface area contributed by atoms with E-state index in [1.54, 1.807) is 39.8 Å². The van der Waals surface area contributed by atoms with Gasteiger partial charge in [-0.1, -0.05) is 26.0 Å². The highest BCUT2D eigenvalue weighted by atomic mass is 32.2. The van der Waals surface area contributed by atoms with Crippen LogP contribution in [0.3, 0.4) is 0 Å². The predicted molar refractivity (Wildman–Crippen MR) is 220 cm³/mol. The zero-order valence-corrected chi connectivity index (χ0v) is 37.9. The second kappa shape index (κ2) is 22.5. The van der Waals surface area contributed by atoms with Gasteiger partial charge in [-0.05, 0) is 102 Å². The van der Waals surface area contributed by atoms with E-state index in [-0.39, 0.29) is 48.6 Å². The largest absolute Gasteiger partial charge is 0.497 e. The summed E-state index contributed by atoms with van der Waals surface area (Å²) < 4.78 is 92.3. The van der Waals surface area contributed by atoms with Crippen LogP contribution in [0, 0.1) is 11.8 Å². The van der Waals surface area contributed by atoms with E-state index in [0.29, 0.717) is 24.3 Å².